The van der Waals surface area contributed by atoms with Crippen LogP contribution in [-0.2, 0) is 0 Å². The summed E-state index contributed by atoms with van der Waals surface area (Å²) in [5.41, 5.74) is 2.81. The van der Waals surface area contributed by atoms with Crippen molar-refractivity contribution >= 4 is 23.2 Å². The number of amides is 2. The Balaban J connectivity index is 2.06. The number of methoxy groups -OCH3 is 1. The van der Waals surface area contributed by atoms with Gasteiger partial charge in [-0.05, 0) is 50.6 Å². The first-order chi connectivity index (χ1) is 11.0. The molecule has 1 aromatic carbocycles. The maximum absolute atomic E-state index is 11.6. The van der Waals surface area contributed by atoms with Crippen LogP contribution in [0, 0.1) is 6.92 Å². The second kappa shape index (κ2) is 7.49. The number of benzene rings is 1. The fourth-order valence-corrected chi connectivity index (χ4v) is 2.03. The van der Waals surface area contributed by atoms with Gasteiger partial charge in [-0.3, -0.25) is 5.32 Å². The quantitative estimate of drug-likeness (QED) is 0.787. The summed E-state index contributed by atoms with van der Waals surface area (Å²) in [6.07, 6.45) is 1.66. The normalized spacial score (nSPS) is 10.3. The van der Waals surface area contributed by atoms with E-state index in [1.54, 1.807) is 19.4 Å². The van der Waals surface area contributed by atoms with Crippen LogP contribution in [0.3, 0.4) is 0 Å². The van der Waals surface area contributed by atoms with Gasteiger partial charge in [-0.1, -0.05) is 6.07 Å². The predicted molar refractivity (Wildman–Crippen MR) is 92.5 cm³/mol. The highest BCUT2D eigenvalue weighted by Crippen LogP contribution is 2.28. The van der Waals surface area contributed by atoms with Gasteiger partial charge in [-0.15, -0.1) is 0 Å². The first-order valence-corrected chi connectivity index (χ1v) is 7.43. The van der Waals surface area contributed by atoms with E-state index in [9.17, 15) is 4.79 Å². The topological polar surface area (TPSA) is 75.3 Å². The molecule has 122 valence electrons. The third-order valence-corrected chi connectivity index (χ3v) is 3.06. The van der Waals surface area contributed by atoms with Crippen molar-refractivity contribution < 1.29 is 9.53 Å². The van der Waals surface area contributed by atoms with E-state index in [-0.39, 0.29) is 12.1 Å². The zero-order chi connectivity index (χ0) is 16.8. The Morgan fingerprint density at radius 3 is 2.61 bits per heavy atom. The number of aryl methyl sites for hydroxylation is 1. The molecule has 6 heteroatoms. The monoisotopic (exact) mass is 314 g/mol. The van der Waals surface area contributed by atoms with Gasteiger partial charge >= 0.3 is 6.03 Å². The zero-order valence-electron chi connectivity index (χ0n) is 13.8. The molecule has 0 atom stereocenters. The van der Waals surface area contributed by atoms with Gasteiger partial charge in [0.15, 0.2) is 0 Å². The SMILES string of the molecule is COc1ccc(C)cc1Nc1ccc(NC(=O)NC(C)C)nc1. The summed E-state index contributed by atoms with van der Waals surface area (Å²) in [5, 5.41) is 8.69. The predicted octanol–water partition coefficient (Wildman–Crippen LogP) is 3.67. The third kappa shape index (κ3) is 4.88. The number of urea groups is 1. The number of anilines is 3. The lowest BCUT2D eigenvalue weighted by Crippen LogP contribution is -2.34. The van der Waals surface area contributed by atoms with E-state index >= 15 is 0 Å². The van der Waals surface area contributed by atoms with Crippen LogP contribution in [0.15, 0.2) is 36.5 Å². The molecule has 0 spiro atoms. The van der Waals surface area contributed by atoms with E-state index in [1.165, 1.54) is 0 Å². The van der Waals surface area contributed by atoms with Crippen LogP contribution >= 0.6 is 0 Å². The molecule has 0 aliphatic heterocycles. The number of rotatable bonds is 5. The highest BCUT2D eigenvalue weighted by molar-refractivity contribution is 5.88. The minimum atomic E-state index is -0.270. The van der Waals surface area contributed by atoms with Crippen LogP contribution in [0.5, 0.6) is 5.75 Å². The van der Waals surface area contributed by atoms with Gasteiger partial charge in [-0.2, -0.15) is 0 Å². The number of carbonyl (C=O) groups excluding carboxylic acids is 1. The molecule has 3 N–H and O–H groups in total. The highest BCUT2D eigenvalue weighted by atomic mass is 16.5. The fourth-order valence-electron chi connectivity index (χ4n) is 2.03. The van der Waals surface area contributed by atoms with Crippen LogP contribution in [0.2, 0.25) is 0 Å². The van der Waals surface area contributed by atoms with Crippen molar-refractivity contribution in [2.24, 2.45) is 0 Å². The minimum absolute atomic E-state index is 0.0738. The Morgan fingerprint density at radius 2 is 2.00 bits per heavy atom. The Bertz CT molecular complexity index is 669. The first-order valence-electron chi connectivity index (χ1n) is 7.43. The van der Waals surface area contributed by atoms with Crippen molar-refractivity contribution in [1.82, 2.24) is 10.3 Å². The maximum atomic E-state index is 11.6. The average Bonchev–Trinajstić information content (AvgIpc) is 2.48. The molecule has 0 bridgehead atoms. The summed E-state index contributed by atoms with van der Waals surface area (Å²) < 4.78 is 5.34. The van der Waals surface area contributed by atoms with Gasteiger partial charge in [0.2, 0.25) is 0 Å². The smallest absolute Gasteiger partial charge is 0.320 e. The Kier molecular flexibility index (Phi) is 5.41. The van der Waals surface area contributed by atoms with Gasteiger partial charge in [0.1, 0.15) is 11.6 Å². The number of hydrogen-bond donors (Lipinski definition) is 3. The molecule has 0 saturated heterocycles. The minimum Gasteiger partial charge on any atom is -0.495 e. The van der Waals surface area contributed by atoms with Crippen molar-refractivity contribution in [2.45, 2.75) is 26.8 Å². The number of aromatic nitrogens is 1. The van der Waals surface area contributed by atoms with Crippen LogP contribution in [0.4, 0.5) is 22.0 Å². The van der Waals surface area contributed by atoms with Crippen molar-refractivity contribution in [2.75, 3.05) is 17.7 Å². The molecule has 0 unspecified atom stereocenters. The van der Waals surface area contributed by atoms with E-state index in [4.69, 9.17) is 4.74 Å². The first kappa shape index (κ1) is 16.6. The molecular formula is C17H22N4O2. The van der Waals surface area contributed by atoms with Crippen molar-refractivity contribution in [3.63, 3.8) is 0 Å². The zero-order valence-corrected chi connectivity index (χ0v) is 13.8. The van der Waals surface area contributed by atoms with Gasteiger partial charge in [0, 0.05) is 6.04 Å². The van der Waals surface area contributed by atoms with Gasteiger partial charge in [0.25, 0.3) is 0 Å². The molecule has 0 aliphatic carbocycles. The second-order valence-electron chi connectivity index (χ2n) is 5.51. The molecule has 1 heterocycles. The van der Waals surface area contributed by atoms with E-state index in [0.29, 0.717) is 5.82 Å². The molecule has 6 nitrogen and oxygen atoms in total. The van der Waals surface area contributed by atoms with Crippen LogP contribution in [0.25, 0.3) is 0 Å². The Morgan fingerprint density at radius 1 is 1.22 bits per heavy atom. The van der Waals surface area contributed by atoms with Crippen molar-refractivity contribution in [3.8, 4) is 5.75 Å². The maximum Gasteiger partial charge on any atom is 0.320 e. The third-order valence-electron chi connectivity index (χ3n) is 3.06. The molecule has 2 aromatic rings. The summed E-state index contributed by atoms with van der Waals surface area (Å²) >= 11 is 0. The van der Waals surface area contributed by atoms with Gasteiger partial charge in [-0.25, -0.2) is 9.78 Å². The van der Waals surface area contributed by atoms with E-state index in [0.717, 1.165) is 22.7 Å². The van der Waals surface area contributed by atoms with Crippen LogP contribution in [-0.4, -0.2) is 24.2 Å². The standard InChI is InChI=1S/C17H22N4O2/c1-11(2)19-17(22)21-16-8-6-13(10-18-16)20-14-9-12(3)5-7-15(14)23-4/h5-11,20H,1-4H3,(H2,18,19,21,22). The molecule has 0 fully saturated rings. The lowest BCUT2D eigenvalue weighted by atomic mass is 10.2. The van der Waals surface area contributed by atoms with Gasteiger partial charge < -0.3 is 15.4 Å². The van der Waals surface area contributed by atoms with Crippen molar-refractivity contribution in [3.05, 3.63) is 42.1 Å². The molecule has 1 aromatic heterocycles. The van der Waals surface area contributed by atoms with E-state index < -0.39 is 0 Å². The summed E-state index contributed by atoms with van der Waals surface area (Å²) in [4.78, 5) is 15.9. The highest BCUT2D eigenvalue weighted by Gasteiger charge is 2.06. The molecule has 23 heavy (non-hydrogen) atoms. The molecular weight excluding hydrogens is 292 g/mol. The number of carbonyl (C=O) groups is 1. The largest absolute Gasteiger partial charge is 0.495 e. The number of nitrogens with one attached hydrogen (secondary N) is 3. The molecule has 2 rings (SSSR count). The molecule has 0 saturated carbocycles. The van der Waals surface area contributed by atoms with Crippen LogP contribution in [0.1, 0.15) is 19.4 Å². The van der Waals surface area contributed by atoms with Crippen molar-refractivity contribution in [1.29, 1.82) is 0 Å². The molecule has 0 aliphatic rings. The van der Waals surface area contributed by atoms with E-state index in [1.807, 2.05) is 45.0 Å². The second-order valence-corrected chi connectivity index (χ2v) is 5.51. The van der Waals surface area contributed by atoms with E-state index in [2.05, 4.69) is 20.9 Å². The number of pyridine rings is 1. The summed E-state index contributed by atoms with van der Waals surface area (Å²) in [6.45, 7) is 5.81. The lowest BCUT2D eigenvalue weighted by molar-refractivity contribution is 0.250. The number of hydrogen-bond acceptors (Lipinski definition) is 4. The summed E-state index contributed by atoms with van der Waals surface area (Å²) in [6, 6.07) is 9.30. The number of nitrogens with zero attached hydrogens (tertiary/aromatic N) is 1. The van der Waals surface area contributed by atoms with Gasteiger partial charge in [0.05, 0.1) is 24.7 Å². The average molecular weight is 314 g/mol. The Hall–Kier alpha value is -2.76. The molecule has 0 radical (unpaired) electrons. The molecule has 2 amide bonds. The fraction of sp³-hybridized carbons (Fsp3) is 0.294. The number of ether oxygens (including phenoxy) is 1. The lowest BCUT2D eigenvalue weighted by Gasteiger charge is -2.13. The summed E-state index contributed by atoms with van der Waals surface area (Å²) in [7, 11) is 1.63. The van der Waals surface area contributed by atoms with Crippen LogP contribution < -0.4 is 20.7 Å². The Labute approximate surface area is 136 Å². The summed E-state index contributed by atoms with van der Waals surface area (Å²) in [5.74, 6) is 1.25.